The highest BCUT2D eigenvalue weighted by Gasteiger charge is 2.25. The molecule has 6 nitrogen and oxygen atoms in total. The summed E-state index contributed by atoms with van der Waals surface area (Å²) in [6.07, 6.45) is 1.51. The van der Waals surface area contributed by atoms with Crippen molar-refractivity contribution in [2.24, 2.45) is 4.99 Å². The topological polar surface area (TPSA) is 61.1 Å². The minimum Gasteiger partial charge on any atom is -0.459 e. The minimum absolute atomic E-state index is 0. The lowest BCUT2D eigenvalue weighted by Gasteiger charge is -2.36. The molecule has 0 radical (unpaired) electrons. The first-order valence-corrected chi connectivity index (χ1v) is 9.06. The van der Waals surface area contributed by atoms with E-state index in [0.717, 1.165) is 11.5 Å². The normalized spacial score (nSPS) is 14.7. The third-order valence-electron chi connectivity index (χ3n) is 4.26. The lowest BCUT2D eigenvalue weighted by Crippen LogP contribution is -2.53. The van der Waals surface area contributed by atoms with E-state index in [0.29, 0.717) is 48.5 Å². The number of nitrogens with one attached hydrogen (secondary N) is 1. The summed E-state index contributed by atoms with van der Waals surface area (Å²) in [7, 11) is 1.74. The standard InChI is InChI=1S/C18H20Cl2N4O2.HI/c1-21-18(22-12-13-4-5-14(19)11-15(13)20)24-8-6-23(7-9-24)17(25)16-3-2-10-26-16;/h2-5,10-11H,6-9,12H2,1H3,(H,21,22);1H. The quantitative estimate of drug-likeness (QED) is 0.379. The van der Waals surface area contributed by atoms with Crippen molar-refractivity contribution in [3.05, 3.63) is 58.0 Å². The van der Waals surface area contributed by atoms with Crippen LogP contribution in [0.5, 0.6) is 0 Å². The fourth-order valence-electron chi connectivity index (χ4n) is 2.85. The van der Waals surface area contributed by atoms with E-state index in [-0.39, 0.29) is 29.9 Å². The van der Waals surface area contributed by atoms with E-state index in [4.69, 9.17) is 27.6 Å². The zero-order valence-electron chi connectivity index (χ0n) is 14.8. The third kappa shape index (κ3) is 5.52. The largest absolute Gasteiger partial charge is 0.459 e. The average Bonchev–Trinajstić information content (AvgIpc) is 3.18. The Labute approximate surface area is 185 Å². The van der Waals surface area contributed by atoms with Crippen LogP contribution in [0.2, 0.25) is 10.0 Å². The lowest BCUT2D eigenvalue weighted by atomic mass is 10.2. The summed E-state index contributed by atoms with van der Waals surface area (Å²) in [6, 6.07) is 8.83. The molecule has 1 saturated heterocycles. The number of benzene rings is 1. The van der Waals surface area contributed by atoms with Crippen molar-refractivity contribution in [1.29, 1.82) is 0 Å². The molecule has 0 spiro atoms. The zero-order valence-corrected chi connectivity index (χ0v) is 18.7. The number of nitrogens with zero attached hydrogens (tertiary/aromatic N) is 3. The Balaban J connectivity index is 0.00000261. The molecule has 1 amide bonds. The Morgan fingerprint density at radius 3 is 2.48 bits per heavy atom. The number of hydrogen-bond acceptors (Lipinski definition) is 3. The Morgan fingerprint density at radius 2 is 1.89 bits per heavy atom. The number of aliphatic imine (C=N–C) groups is 1. The van der Waals surface area contributed by atoms with Crippen LogP contribution in [0.1, 0.15) is 16.1 Å². The van der Waals surface area contributed by atoms with Gasteiger partial charge in [0.1, 0.15) is 0 Å². The molecular formula is C18H21Cl2IN4O2. The summed E-state index contributed by atoms with van der Waals surface area (Å²) in [5.74, 6) is 1.07. The molecule has 0 unspecified atom stereocenters. The highest BCUT2D eigenvalue weighted by molar-refractivity contribution is 14.0. The van der Waals surface area contributed by atoms with E-state index >= 15 is 0 Å². The van der Waals surface area contributed by atoms with Crippen molar-refractivity contribution in [2.45, 2.75) is 6.54 Å². The van der Waals surface area contributed by atoms with Crippen molar-refractivity contribution in [3.63, 3.8) is 0 Å². The van der Waals surface area contributed by atoms with Crippen molar-refractivity contribution < 1.29 is 9.21 Å². The molecule has 3 rings (SSSR count). The Bertz CT molecular complexity index is 791. The van der Waals surface area contributed by atoms with Crippen LogP contribution in [0.4, 0.5) is 0 Å². The van der Waals surface area contributed by atoms with Crippen LogP contribution in [-0.2, 0) is 6.54 Å². The molecule has 9 heteroatoms. The minimum atomic E-state index is -0.0782. The van der Waals surface area contributed by atoms with E-state index in [1.807, 2.05) is 12.1 Å². The van der Waals surface area contributed by atoms with Gasteiger partial charge in [0.2, 0.25) is 0 Å². The molecule has 27 heavy (non-hydrogen) atoms. The number of guanidine groups is 1. The van der Waals surface area contributed by atoms with Gasteiger partial charge in [-0.1, -0.05) is 29.3 Å². The summed E-state index contributed by atoms with van der Waals surface area (Å²) in [5, 5.41) is 4.55. The van der Waals surface area contributed by atoms with E-state index in [9.17, 15) is 4.79 Å². The second-order valence-electron chi connectivity index (χ2n) is 5.89. The molecule has 1 fully saturated rings. The Kier molecular flexibility index (Phi) is 8.25. The molecule has 1 aromatic heterocycles. The molecule has 0 bridgehead atoms. The van der Waals surface area contributed by atoms with Gasteiger partial charge >= 0.3 is 0 Å². The van der Waals surface area contributed by atoms with Gasteiger partial charge in [0.25, 0.3) is 5.91 Å². The van der Waals surface area contributed by atoms with Crippen LogP contribution >= 0.6 is 47.2 Å². The highest BCUT2D eigenvalue weighted by atomic mass is 127. The van der Waals surface area contributed by atoms with E-state index in [1.54, 1.807) is 30.1 Å². The second kappa shape index (κ2) is 10.2. The average molecular weight is 523 g/mol. The van der Waals surface area contributed by atoms with Gasteiger partial charge in [-0.2, -0.15) is 0 Å². The molecule has 1 aromatic carbocycles. The first-order chi connectivity index (χ1) is 12.6. The fraction of sp³-hybridized carbons (Fsp3) is 0.333. The SMILES string of the molecule is CN=C(NCc1ccc(Cl)cc1Cl)N1CCN(C(=O)c2ccco2)CC1.I. The van der Waals surface area contributed by atoms with Gasteiger partial charge in [-0.3, -0.25) is 9.79 Å². The van der Waals surface area contributed by atoms with Crippen molar-refractivity contribution in [2.75, 3.05) is 33.2 Å². The molecule has 0 saturated carbocycles. The molecular weight excluding hydrogens is 502 g/mol. The summed E-state index contributed by atoms with van der Waals surface area (Å²) in [4.78, 5) is 20.6. The summed E-state index contributed by atoms with van der Waals surface area (Å²) in [6.45, 7) is 3.17. The Morgan fingerprint density at radius 1 is 1.19 bits per heavy atom. The molecule has 2 heterocycles. The van der Waals surface area contributed by atoms with Crippen LogP contribution in [0.3, 0.4) is 0 Å². The monoisotopic (exact) mass is 522 g/mol. The van der Waals surface area contributed by atoms with Crippen molar-refractivity contribution in [1.82, 2.24) is 15.1 Å². The number of amides is 1. The maximum atomic E-state index is 12.3. The maximum Gasteiger partial charge on any atom is 0.289 e. The van der Waals surface area contributed by atoms with Crippen LogP contribution in [-0.4, -0.2) is 54.9 Å². The van der Waals surface area contributed by atoms with E-state index in [2.05, 4.69) is 15.2 Å². The van der Waals surface area contributed by atoms with Gasteiger partial charge < -0.3 is 19.5 Å². The summed E-state index contributed by atoms with van der Waals surface area (Å²) >= 11 is 12.1. The molecule has 0 aliphatic carbocycles. The zero-order chi connectivity index (χ0) is 18.5. The predicted octanol–water partition coefficient (Wildman–Crippen LogP) is 3.74. The smallest absolute Gasteiger partial charge is 0.289 e. The number of piperazine rings is 1. The molecule has 1 aliphatic heterocycles. The number of carbonyl (C=O) groups excluding carboxylic acids is 1. The van der Waals surface area contributed by atoms with Crippen LogP contribution in [0.15, 0.2) is 46.0 Å². The van der Waals surface area contributed by atoms with Gasteiger partial charge in [0.05, 0.1) is 6.26 Å². The number of carbonyl (C=O) groups is 1. The summed E-state index contributed by atoms with van der Waals surface area (Å²) in [5.41, 5.74) is 0.948. The third-order valence-corrected chi connectivity index (χ3v) is 4.85. The van der Waals surface area contributed by atoms with Crippen LogP contribution < -0.4 is 5.32 Å². The summed E-state index contributed by atoms with van der Waals surface area (Å²) < 4.78 is 5.19. The van der Waals surface area contributed by atoms with Gasteiger partial charge in [0.15, 0.2) is 11.7 Å². The molecule has 1 aliphatic rings. The number of furan rings is 1. The van der Waals surface area contributed by atoms with E-state index < -0.39 is 0 Å². The molecule has 1 N–H and O–H groups in total. The van der Waals surface area contributed by atoms with E-state index in [1.165, 1.54) is 6.26 Å². The number of halogens is 3. The molecule has 0 atom stereocenters. The Hall–Kier alpha value is -1.45. The van der Waals surface area contributed by atoms with Gasteiger partial charge in [-0.15, -0.1) is 24.0 Å². The van der Waals surface area contributed by atoms with Crippen molar-refractivity contribution in [3.8, 4) is 0 Å². The molecule has 146 valence electrons. The molecule has 2 aromatic rings. The first-order valence-electron chi connectivity index (χ1n) is 8.31. The maximum absolute atomic E-state index is 12.3. The van der Waals surface area contributed by atoms with Gasteiger partial charge in [0, 0.05) is 49.8 Å². The highest BCUT2D eigenvalue weighted by Crippen LogP contribution is 2.20. The number of rotatable bonds is 3. The van der Waals surface area contributed by atoms with Crippen molar-refractivity contribution >= 4 is 59.0 Å². The first kappa shape index (κ1) is 21.8. The predicted molar refractivity (Wildman–Crippen MR) is 118 cm³/mol. The second-order valence-corrected chi connectivity index (χ2v) is 6.74. The van der Waals surface area contributed by atoms with Crippen LogP contribution in [0, 0.1) is 0 Å². The van der Waals surface area contributed by atoms with Gasteiger partial charge in [-0.25, -0.2) is 0 Å². The number of hydrogen-bond donors (Lipinski definition) is 1. The fourth-order valence-corrected chi connectivity index (χ4v) is 3.32. The van der Waals surface area contributed by atoms with Gasteiger partial charge in [-0.05, 0) is 29.8 Å². The van der Waals surface area contributed by atoms with Crippen LogP contribution in [0.25, 0.3) is 0 Å². The lowest BCUT2D eigenvalue weighted by molar-refractivity contribution is 0.0657.